The Morgan fingerprint density at radius 1 is 0.341 bits per heavy atom. The van der Waals surface area contributed by atoms with E-state index in [1.54, 1.807) is 0 Å². The number of hydrogen-bond acceptors (Lipinski definition) is 2. The zero-order chi connectivity index (χ0) is 61.8. The van der Waals surface area contributed by atoms with Crippen molar-refractivity contribution in [3.05, 3.63) is 234 Å². The predicted octanol–water partition coefficient (Wildman–Crippen LogP) is 19.2. The van der Waals surface area contributed by atoms with E-state index in [2.05, 4.69) is 301 Å². The number of fused-ring (bicyclic) bond motifs is 14. The normalized spacial score (nSPS) is 13.3. The van der Waals surface area contributed by atoms with Gasteiger partial charge in [-0.2, -0.15) is 0 Å². The van der Waals surface area contributed by atoms with Crippen molar-refractivity contribution in [3.8, 4) is 33.6 Å². The minimum atomic E-state index is -0.0800. The fourth-order valence-corrected chi connectivity index (χ4v) is 17.3. The van der Waals surface area contributed by atoms with Crippen LogP contribution in [0.2, 0.25) is 0 Å². The first kappa shape index (κ1) is 57.1. The maximum absolute atomic E-state index is 2.75. The average molecular weight is 1400 g/mol. The van der Waals surface area contributed by atoms with Crippen molar-refractivity contribution < 1.29 is 0 Å². The maximum Gasteiger partial charge on any atom is 0.252 e. The summed E-state index contributed by atoms with van der Waals surface area (Å²) in [5.74, 6) is 0. The zero-order valence-corrected chi connectivity index (χ0v) is 57.7. The number of unbranched alkanes of at least 4 members (excludes halogenated alkanes) is 3. The van der Waals surface area contributed by atoms with Gasteiger partial charge in [-0.25, -0.2) is 0 Å². The molecule has 2 aromatic heterocycles. The van der Waals surface area contributed by atoms with Crippen molar-refractivity contribution in [2.24, 2.45) is 0 Å². The van der Waals surface area contributed by atoms with E-state index < -0.39 is 0 Å². The summed E-state index contributed by atoms with van der Waals surface area (Å²) >= 11 is 4.98. The summed E-state index contributed by atoms with van der Waals surface area (Å²) in [6.07, 6.45) is 10.2. The molecule has 13 aromatic rings. The summed E-state index contributed by atoms with van der Waals surface area (Å²) in [6.45, 7) is 18.2. The third-order valence-electron chi connectivity index (χ3n) is 20.9. The lowest BCUT2D eigenvalue weighted by Crippen LogP contribution is -2.64. The molecule has 0 radical (unpaired) electrons. The van der Waals surface area contributed by atoms with Crippen LogP contribution in [0.5, 0.6) is 0 Å². The van der Waals surface area contributed by atoms with E-state index in [4.69, 9.17) is 0 Å². The van der Waals surface area contributed by atoms with Gasteiger partial charge in [-0.15, -0.1) is 0 Å². The van der Waals surface area contributed by atoms with Gasteiger partial charge < -0.3 is 18.9 Å². The first-order chi connectivity index (χ1) is 44.4. The fraction of sp³-hybridized carbons (Fsp3) is 0.205. The first-order valence-corrected chi connectivity index (χ1v) is 35.5. The van der Waals surface area contributed by atoms with Gasteiger partial charge in [-0.1, -0.05) is 123 Å². The monoisotopic (exact) mass is 1400 g/mol. The zero-order valence-electron chi connectivity index (χ0n) is 53.4. The number of benzene rings is 11. The highest BCUT2D eigenvalue weighted by Crippen LogP contribution is 2.49. The van der Waals surface area contributed by atoms with Crippen LogP contribution in [0.15, 0.2) is 182 Å². The summed E-state index contributed by atoms with van der Waals surface area (Å²) in [4.78, 5) is 5.34. The van der Waals surface area contributed by atoms with Crippen LogP contribution in [-0.4, -0.2) is 22.6 Å². The molecule has 8 heteroatoms. The van der Waals surface area contributed by atoms with E-state index >= 15 is 0 Å². The molecule has 0 saturated carbocycles. The second-order valence-corrected chi connectivity index (χ2v) is 29.5. The molecule has 444 valence electrons. The van der Waals surface area contributed by atoms with E-state index in [0.717, 1.165) is 43.5 Å². The molecule has 0 spiro atoms. The third-order valence-corrected chi connectivity index (χ3v) is 22.3. The molecule has 0 saturated heterocycles. The molecule has 4 nitrogen and oxygen atoms in total. The summed E-state index contributed by atoms with van der Waals surface area (Å²) in [5.41, 5.74) is 38.9. The maximum atomic E-state index is 2.75. The van der Waals surface area contributed by atoms with E-state index in [9.17, 15) is 0 Å². The summed E-state index contributed by atoms with van der Waals surface area (Å²) < 4.78 is 7.82. The molecule has 11 aromatic carbocycles. The lowest BCUT2D eigenvalue weighted by atomic mass is 9.30. The smallest absolute Gasteiger partial charge is 0.252 e. The van der Waals surface area contributed by atoms with Crippen molar-refractivity contribution in [1.82, 2.24) is 9.13 Å². The summed E-state index contributed by atoms with van der Waals surface area (Å²) in [6, 6.07) is 73.5. The van der Waals surface area contributed by atoms with Crippen LogP contribution < -0.4 is 42.6 Å². The lowest BCUT2D eigenvalue weighted by Gasteiger charge is -2.45. The van der Waals surface area contributed by atoms with Crippen LogP contribution in [0, 0.1) is 41.8 Å². The molecule has 0 atom stereocenters. The van der Waals surface area contributed by atoms with Gasteiger partial charge in [0.1, 0.15) is 0 Å². The van der Waals surface area contributed by atoms with Crippen LogP contribution in [0.4, 0.5) is 34.1 Å². The molecule has 0 amide bonds. The Balaban J connectivity index is 1.04. The molecule has 4 aliphatic heterocycles. The standard InChI is InChI=1S/C83H72B2I2N4/c1-9-12-15-53-22-32-72-64(38-53)66-36-50(6)37-70-82(66)90(72)78-44-56(62-34-48(4)18-20-51(62)7)42-76-80(78)84(70)68-46-69-75(47-74(68)88(76)60-28-24-58(86)25-29-60)89(61-30-26-59(87)27-31-61)77-43-57(63-35-49(5)19-21-52(63)8)45-79-81(77)85(69)71-41-55(17-14-11-3)40-67-65-39-54(16-13-10-2)23-33-73(65)91(79)83(67)71/h18-47H,9-17H2,1-8H3. The van der Waals surface area contributed by atoms with E-state index in [1.807, 2.05) is 0 Å². The van der Waals surface area contributed by atoms with Gasteiger partial charge in [0.2, 0.25) is 0 Å². The lowest BCUT2D eigenvalue weighted by molar-refractivity contribution is 0.796. The summed E-state index contributed by atoms with van der Waals surface area (Å²) in [5, 5.41) is 5.44. The Hall–Kier alpha value is -7.79. The number of anilines is 6. The van der Waals surface area contributed by atoms with Crippen LogP contribution in [0.3, 0.4) is 0 Å². The molecule has 17 rings (SSSR count). The van der Waals surface area contributed by atoms with Gasteiger partial charge >= 0.3 is 0 Å². The van der Waals surface area contributed by atoms with Gasteiger partial charge in [0.05, 0.1) is 11.0 Å². The van der Waals surface area contributed by atoms with Gasteiger partial charge in [0, 0.05) is 85.2 Å². The molecule has 4 aliphatic rings. The molecule has 0 unspecified atom stereocenters. The fourth-order valence-electron chi connectivity index (χ4n) is 16.6. The molecule has 91 heavy (non-hydrogen) atoms. The van der Waals surface area contributed by atoms with Gasteiger partial charge in [-0.3, -0.25) is 0 Å². The van der Waals surface area contributed by atoms with E-state index in [1.165, 1.54) is 210 Å². The number of aryl methyl sites for hydroxylation is 8. The predicted molar refractivity (Wildman–Crippen MR) is 410 cm³/mol. The topological polar surface area (TPSA) is 16.3 Å². The first-order valence-electron chi connectivity index (χ1n) is 33.3. The average Bonchev–Trinajstić information content (AvgIpc) is 1.67. The van der Waals surface area contributed by atoms with Crippen molar-refractivity contribution >= 4 is 169 Å². The number of hydrogen-bond donors (Lipinski definition) is 0. The largest absolute Gasteiger partial charge is 0.311 e. The highest BCUT2D eigenvalue weighted by molar-refractivity contribution is 14.1. The van der Waals surface area contributed by atoms with Crippen LogP contribution in [-0.2, 0) is 19.3 Å². The van der Waals surface area contributed by atoms with Crippen molar-refractivity contribution in [3.63, 3.8) is 0 Å². The molecule has 0 fully saturated rings. The van der Waals surface area contributed by atoms with Gasteiger partial charge in [0.15, 0.2) is 0 Å². The van der Waals surface area contributed by atoms with Crippen LogP contribution in [0.25, 0.3) is 77.2 Å². The molecule has 0 N–H and O–H groups in total. The molecule has 0 aliphatic carbocycles. The van der Waals surface area contributed by atoms with E-state index in [-0.39, 0.29) is 13.4 Å². The number of aromatic nitrogens is 2. The van der Waals surface area contributed by atoms with Crippen molar-refractivity contribution in [2.75, 3.05) is 9.80 Å². The van der Waals surface area contributed by atoms with Gasteiger partial charge in [-0.05, 0) is 316 Å². The Kier molecular flexibility index (Phi) is 13.8. The van der Waals surface area contributed by atoms with Crippen LogP contribution >= 0.6 is 45.2 Å². The molecule has 6 heterocycles. The van der Waals surface area contributed by atoms with Gasteiger partial charge in [0.25, 0.3) is 13.4 Å². The minimum Gasteiger partial charge on any atom is -0.311 e. The number of rotatable bonds is 13. The number of halogens is 2. The minimum absolute atomic E-state index is 0.0769. The highest BCUT2D eigenvalue weighted by atomic mass is 127. The Labute approximate surface area is 563 Å². The van der Waals surface area contributed by atoms with Crippen LogP contribution in [0.1, 0.15) is 104 Å². The summed E-state index contributed by atoms with van der Waals surface area (Å²) in [7, 11) is 0. The highest BCUT2D eigenvalue weighted by Gasteiger charge is 2.48. The molecule has 0 bridgehead atoms. The van der Waals surface area contributed by atoms with Crippen molar-refractivity contribution in [1.29, 1.82) is 0 Å². The number of nitrogens with zero attached hydrogens (tertiary/aromatic N) is 4. The molecular formula is C83H72B2I2N4. The Bertz CT molecular complexity index is 5240. The van der Waals surface area contributed by atoms with Crippen molar-refractivity contribution in [2.45, 2.75) is 113 Å². The second-order valence-electron chi connectivity index (χ2n) is 27.0. The van der Waals surface area contributed by atoms with E-state index in [0.29, 0.717) is 0 Å². The SMILES string of the molecule is CCCCc1ccc2c(c1)c1cc(C)cc3c1n2-c1cc(-c2cc(C)ccc2C)cc2c1B3c1cc3c(cc1N2c1ccc(I)cc1)N(c1ccc(I)cc1)c1cc(-c2cc(C)ccc2C)cc2c1B3c1cc(CCCC)cc3c4cc(CCCC)ccc4n-2c13. The third kappa shape index (κ3) is 8.87. The Morgan fingerprint density at radius 2 is 0.769 bits per heavy atom. The Morgan fingerprint density at radius 3 is 1.24 bits per heavy atom. The molecular weight excluding hydrogens is 1330 g/mol. The quantitative estimate of drug-likeness (QED) is 0.0845. The second kappa shape index (κ2) is 21.9.